The van der Waals surface area contributed by atoms with Crippen molar-refractivity contribution in [2.75, 3.05) is 0 Å². The third kappa shape index (κ3) is 5.46. The van der Waals surface area contributed by atoms with E-state index in [1.165, 1.54) is 0 Å². The summed E-state index contributed by atoms with van der Waals surface area (Å²) in [5, 5.41) is 0. The second-order valence-corrected chi connectivity index (χ2v) is 0.950. The van der Waals surface area contributed by atoms with Crippen molar-refractivity contribution in [3.05, 3.63) is 0 Å². The van der Waals surface area contributed by atoms with Gasteiger partial charge in [0.05, 0.1) is 6.42 Å². The molecule has 42 valence electrons. The maximum Gasteiger partial charge on any atom is 0.307 e. The minimum atomic E-state index is -2.85. The smallest absolute Gasteiger partial charge is 0.261 e. The normalized spacial score (nSPS) is 9.71. The van der Waals surface area contributed by atoms with Gasteiger partial charge >= 0.3 is 6.04 Å². The van der Waals surface area contributed by atoms with Crippen LogP contribution in [-0.4, -0.2) is 12.5 Å². The summed E-state index contributed by atoms with van der Waals surface area (Å²) < 4.78 is 32.5. The van der Waals surface area contributed by atoms with Crippen LogP contribution < -0.4 is 0 Å². The molecule has 0 aromatic heterocycles. The van der Waals surface area contributed by atoms with E-state index in [0.717, 1.165) is 0 Å². The van der Waals surface area contributed by atoms with Crippen molar-refractivity contribution in [2.45, 2.75) is 12.8 Å². The summed E-state index contributed by atoms with van der Waals surface area (Å²) in [5.41, 5.74) is 0. The minimum absolute atomic E-state index is 1.28. The van der Waals surface area contributed by atoms with E-state index in [4.69, 9.17) is 4.79 Å². The number of hydrogen-bond acceptors (Lipinski definition) is 1. The van der Waals surface area contributed by atoms with Gasteiger partial charge in [0.1, 0.15) is 0 Å². The van der Waals surface area contributed by atoms with Crippen LogP contribution in [0.25, 0.3) is 0 Å². The van der Waals surface area contributed by atoms with Crippen LogP contribution in [0.4, 0.5) is 13.2 Å². The van der Waals surface area contributed by atoms with Gasteiger partial charge in [-0.3, -0.25) is 4.79 Å². The summed E-state index contributed by atoms with van der Waals surface area (Å²) in [6.07, 6.45) is -4.13. The summed E-state index contributed by atoms with van der Waals surface area (Å²) >= 11 is 0. The molecule has 0 saturated heterocycles. The predicted octanol–water partition coefficient (Wildman–Crippen LogP) is 1.14. The van der Waals surface area contributed by atoms with Crippen LogP contribution >= 0.6 is 0 Å². The molecule has 0 bridgehead atoms. The molecule has 0 amide bonds. The first kappa shape index (κ1) is 6.46. The first-order valence-electron chi connectivity index (χ1n) is 1.59. The van der Waals surface area contributed by atoms with Gasteiger partial charge in [0, 0.05) is 0 Å². The Kier molecular flexibility index (Phi) is 2.40. The summed E-state index contributed by atoms with van der Waals surface area (Å²) in [7, 11) is 0. The van der Waals surface area contributed by atoms with Crippen molar-refractivity contribution in [2.24, 2.45) is 0 Å². The van der Waals surface area contributed by atoms with E-state index in [-0.39, 0.29) is 0 Å². The lowest BCUT2D eigenvalue weighted by Gasteiger charge is -1.85. The molecular formula is C3H3F3O. The first-order chi connectivity index (χ1) is 3.13. The second kappa shape index (κ2) is 2.60. The van der Waals surface area contributed by atoms with Gasteiger partial charge in [-0.15, -0.1) is 0 Å². The molecule has 0 atom stereocenters. The molecule has 0 heterocycles. The Balaban J connectivity index is 3.13. The first-order valence-corrected chi connectivity index (χ1v) is 1.59. The van der Waals surface area contributed by atoms with E-state index in [9.17, 15) is 13.2 Å². The Morgan fingerprint density at radius 3 is 2.00 bits per heavy atom. The number of carbonyl (C=O) groups excluding carboxylic acids is 1. The molecule has 0 aliphatic carbocycles. The molecule has 0 aliphatic heterocycles. The molecule has 0 rings (SSSR count). The molecule has 0 aromatic rings. The van der Waals surface area contributed by atoms with Crippen LogP contribution in [0.1, 0.15) is 6.42 Å². The van der Waals surface area contributed by atoms with Gasteiger partial charge in [0.25, 0.3) is 0 Å². The topological polar surface area (TPSA) is 17.1 Å². The lowest BCUT2D eigenvalue weighted by molar-refractivity contribution is -0.131. The monoisotopic (exact) mass is 112 g/mol. The SMILES string of the molecule is O=C(F)CC(F)F. The quantitative estimate of drug-likeness (QED) is 0.489. The highest BCUT2D eigenvalue weighted by Gasteiger charge is 2.07. The standard InChI is InChI=1S/C3H3F3O/c4-2(5)1-3(6)7/h2H,1H2. The van der Waals surface area contributed by atoms with Gasteiger partial charge < -0.3 is 0 Å². The highest BCUT2D eigenvalue weighted by atomic mass is 19.3. The van der Waals surface area contributed by atoms with E-state index < -0.39 is 18.9 Å². The van der Waals surface area contributed by atoms with Crippen molar-refractivity contribution in [1.29, 1.82) is 0 Å². The largest absolute Gasteiger partial charge is 0.307 e. The molecule has 0 fully saturated rings. The Labute approximate surface area is 38.1 Å². The van der Waals surface area contributed by atoms with Gasteiger partial charge in [0.2, 0.25) is 6.43 Å². The number of hydrogen-bond donors (Lipinski definition) is 0. The zero-order valence-electron chi connectivity index (χ0n) is 3.33. The average molecular weight is 112 g/mol. The molecule has 0 radical (unpaired) electrons. The van der Waals surface area contributed by atoms with E-state index in [1.54, 1.807) is 0 Å². The molecule has 0 spiro atoms. The zero-order valence-corrected chi connectivity index (χ0v) is 3.33. The van der Waals surface area contributed by atoms with Crippen LogP contribution in [0.3, 0.4) is 0 Å². The lowest BCUT2D eigenvalue weighted by atomic mass is 10.5. The average Bonchev–Trinajstić information content (AvgIpc) is 1.27. The highest BCUT2D eigenvalue weighted by Crippen LogP contribution is 1.98. The van der Waals surface area contributed by atoms with Gasteiger partial charge in [-0.1, -0.05) is 0 Å². The van der Waals surface area contributed by atoms with E-state index >= 15 is 0 Å². The molecule has 4 heteroatoms. The Bertz CT molecular complexity index is 70.6. The third-order valence-electron chi connectivity index (χ3n) is 0.315. The maximum atomic E-state index is 10.8. The fourth-order valence-corrected chi connectivity index (χ4v) is 0.121. The predicted molar refractivity (Wildman–Crippen MR) is 16.7 cm³/mol. The zero-order chi connectivity index (χ0) is 5.86. The van der Waals surface area contributed by atoms with Gasteiger partial charge in [0.15, 0.2) is 0 Å². The molecule has 0 saturated carbocycles. The lowest BCUT2D eigenvalue weighted by Crippen LogP contribution is -1.96. The van der Waals surface area contributed by atoms with Gasteiger partial charge in [-0.2, -0.15) is 4.39 Å². The minimum Gasteiger partial charge on any atom is -0.261 e. The number of halogens is 3. The summed E-state index contributed by atoms with van der Waals surface area (Å²) in [6.45, 7) is 0. The highest BCUT2D eigenvalue weighted by molar-refractivity contribution is 5.68. The van der Waals surface area contributed by atoms with Gasteiger partial charge in [-0.25, -0.2) is 8.78 Å². The molecule has 0 unspecified atom stereocenters. The molecule has 0 N–H and O–H groups in total. The summed E-state index contributed by atoms with van der Waals surface area (Å²) in [5.74, 6) is 0. The van der Waals surface area contributed by atoms with E-state index in [1.807, 2.05) is 0 Å². The number of rotatable bonds is 2. The second-order valence-electron chi connectivity index (χ2n) is 0.950. The molecule has 7 heavy (non-hydrogen) atoms. The Hall–Kier alpha value is -0.540. The van der Waals surface area contributed by atoms with Crippen LogP contribution in [0.5, 0.6) is 0 Å². The Morgan fingerprint density at radius 2 is 2.00 bits per heavy atom. The number of alkyl halides is 2. The Morgan fingerprint density at radius 1 is 1.57 bits per heavy atom. The third-order valence-corrected chi connectivity index (χ3v) is 0.315. The molecule has 0 aromatic carbocycles. The fourth-order valence-electron chi connectivity index (χ4n) is 0.121. The molecular weight excluding hydrogens is 109 g/mol. The molecule has 0 aliphatic rings. The van der Waals surface area contributed by atoms with Crippen molar-refractivity contribution < 1.29 is 18.0 Å². The van der Waals surface area contributed by atoms with Crippen LogP contribution in [-0.2, 0) is 4.79 Å². The van der Waals surface area contributed by atoms with Crippen molar-refractivity contribution in [3.8, 4) is 0 Å². The van der Waals surface area contributed by atoms with Crippen molar-refractivity contribution in [3.63, 3.8) is 0 Å². The van der Waals surface area contributed by atoms with Crippen LogP contribution in [0.15, 0.2) is 0 Å². The van der Waals surface area contributed by atoms with Crippen LogP contribution in [0, 0.1) is 0 Å². The van der Waals surface area contributed by atoms with E-state index in [0.29, 0.717) is 0 Å². The van der Waals surface area contributed by atoms with Gasteiger partial charge in [-0.05, 0) is 0 Å². The summed E-state index contributed by atoms with van der Waals surface area (Å²) in [4.78, 5) is 9.11. The van der Waals surface area contributed by atoms with Crippen LogP contribution in [0.2, 0.25) is 0 Å². The maximum absolute atomic E-state index is 10.8. The summed E-state index contributed by atoms with van der Waals surface area (Å²) in [6, 6.07) is -1.96. The number of carbonyl (C=O) groups is 1. The van der Waals surface area contributed by atoms with E-state index in [2.05, 4.69) is 0 Å². The van der Waals surface area contributed by atoms with Crippen molar-refractivity contribution in [1.82, 2.24) is 0 Å². The molecule has 1 nitrogen and oxygen atoms in total. The fraction of sp³-hybridized carbons (Fsp3) is 0.667. The van der Waals surface area contributed by atoms with Crippen molar-refractivity contribution >= 4 is 6.04 Å².